The molecule has 0 radical (unpaired) electrons. The van der Waals surface area contributed by atoms with Gasteiger partial charge in [-0.25, -0.2) is 18.1 Å². The van der Waals surface area contributed by atoms with Gasteiger partial charge in [-0.15, -0.1) is 11.6 Å². The molecule has 9 rings (SSSR count). The van der Waals surface area contributed by atoms with E-state index in [2.05, 4.69) is 18.1 Å². The Hall–Kier alpha value is -6.64. The number of sulfone groups is 1. The minimum absolute atomic E-state index is 0.0223. The molecule has 0 spiro atoms. The van der Waals surface area contributed by atoms with Crippen LogP contribution < -0.4 is 25.2 Å². The average molecular weight is 1480 g/mol. The van der Waals surface area contributed by atoms with Crippen molar-refractivity contribution in [2.24, 2.45) is 5.73 Å². The number of imide groups is 1. The predicted octanol–water partition coefficient (Wildman–Crippen LogP) is 12.9. The Kier molecular flexibility index (Phi) is 29.8. The largest absolute Gasteiger partial charge is 0.489 e. The number of carbonyl (C=O) groups is 7. The Bertz CT molecular complexity index is 3870. The number of para-hydroxylation sites is 3. The van der Waals surface area contributed by atoms with Crippen molar-refractivity contribution in [3.05, 3.63) is 145 Å². The number of hydrogen-bond acceptors (Lipinski definition) is 16. The summed E-state index contributed by atoms with van der Waals surface area (Å²) < 4.78 is 93.5. The Morgan fingerprint density at radius 2 is 1.59 bits per heavy atom. The molecule has 4 atom stereocenters. The van der Waals surface area contributed by atoms with Gasteiger partial charge in [0, 0.05) is 53.8 Å². The Morgan fingerprint density at radius 1 is 0.958 bits per heavy atom. The zero-order valence-electron chi connectivity index (χ0n) is 53.6. The van der Waals surface area contributed by atoms with Crippen LogP contribution >= 0.6 is 65.4 Å². The lowest BCUT2D eigenvalue weighted by atomic mass is 9.93. The first kappa shape index (κ1) is 80.0. The molecule has 4 aromatic carbocycles. The lowest BCUT2D eigenvalue weighted by Gasteiger charge is -2.35. The van der Waals surface area contributed by atoms with Gasteiger partial charge in [-0.3, -0.25) is 33.3 Å². The molecular formula is C65H74Cl5F3N5O16PS. The summed E-state index contributed by atoms with van der Waals surface area (Å²) in [4.78, 5) is 95.4. The number of methoxy groups -OCH3 is 1. The second kappa shape index (κ2) is 35.7. The van der Waals surface area contributed by atoms with E-state index in [9.17, 15) is 59.7 Å². The van der Waals surface area contributed by atoms with E-state index in [-0.39, 0.29) is 82.9 Å². The summed E-state index contributed by atoms with van der Waals surface area (Å²) in [6.45, 7) is 12.0. The molecule has 5 aromatic rings. The van der Waals surface area contributed by atoms with Crippen LogP contribution in [0.15, 0.2) is 111 Å². The zero-order valence-corrected chi connectivity index (χ0v) is 59.1. The monoisotopic (exact) mass is 1480 g/mol. The molecule has 1 aromatic heterocycles. The minimum atomic E-state index is -4.71. The maximum Gasteiger partial charge on any atom is 0.416 e. The quantitative estimate of drug-likeness (QED) is 0.0173. The molecule has 522 valence electrons. The molecule has 1 saturated carbocycles. The van der Waals surface area contributed by atoms with Crippen LogP contribution in [0.3, 0.4) is 0 Å². The lowest BCUT2D eigenvalue weighted by Crippen LogP contribution is -2.47. The number of carboxylic acids is 1. The number of aliphatic carboxylic acids is 1. The molecule has 3 heterocycles. The number of hydrogen-bond donors (Lipinski definition) is 3. The van der Waals surface area contributed by atoms with Crippen LogP contribution in [0.2, 0.25) is 5.02 Å². The molecule has 2 aliphatic carbocycles. The molecule has 4 aliphatic rings. The van der Waals surface area contributed by atoms with E-state index in [1.807, 2.05) is 57.2 Å². The molecule has 21 nitrogen and oxygen atoms in total. The molecule has 96 heavy (non-hydrogen) atoms. The number of carbonyl (C=O) groups excluding carboxylic acids is 6. The van der Waals surface area contributed by atoms with Crippen LogP contribution in [0.25, 0.3) is 6.08 Å². The van der Waals surface area contributed by atoms with Crippen molar-refractivity contribution in [2.75, 3.05) is 66.6 Å². The molecule has 4 N–H and O–H groups in total. The first-order valence-corrected chi connectivity index (χ1v) is 36.3. The topological polar surface area (TPSA) is 301 Å². The van der Waals surface area contributed by atoms with E-state index in [1.54, 1.807) is 42.0 Å². The highest BCUT2D eigenvalue weighted by molar-refractivity contribution is 7.90. The number of aryl methyl sites for hydroxylation is 2. The highest BCUT2D eigenvalue weighted by atomic mass is 35.5. The van der Waals surface area contributed by atoms with Crippen molar-refractivity contribution < 1.29 is 88.4 Å². The number of fused-ring (bicyclic) bond motifs is 1. The van der Waals surface area contributed by atoms with Crippen molar-refractivity contribution in [1.29, 1.82) is 0 Å². The second-order valence-corrected chi connectivity index (χ2v) is 29.2. The number of carboxylic acid groups (broad SMARTS) is 1. The molecular weight excluding hydrogens is 1400 g/mol. The molecule has 31 heteroatoms. The number of amides is 4. The van der Waals surface area contributed by atoms with Crippen molar-refractivity contribution in [1.82, 2.24) is 5.16 Å². The normalized spacial score (nSPS) is 16.4. The van der Waals surface area contributed by atoms with Crippen molar-refractivity contribution in [3.63, 3.8) is 0 Å². The first-order chi connectivity index (χ1) is 45.0. The number of anilines is 3. The van der Waals surface area contributed by atoms with Gasteiger partial charge in [0.1, 0.15) is 29.3 Å². The smallest absolute Gasteiger partial charge is 0.416 e. The standard InChI is InChI=1S/C19H17Cl2NO4.C15H22ClNO2.C15H12F3NO4S.C11H11Cl2NO2.C5H12NO4P/c1-2-26-19(25)16(21)10-11-9-12(7-8-15(11)20)22-17(23)13-5-3-4-6-14(13)18(22)24;1-5-13-8-6-7-11(2)15(13)17(14(18)9-16)12(3)10-19-4;1-24(21,22)12-6-9(15(16,17)18)4-5-10(12)13(20)11-7-19-23-14(11)8-2-3-8;1-7-6-16-9-5-3-2-4-8(9)14(7)11(15)10(12)13;1-11(9,10)3-2-4(6)5(7)8/h7-10H,2-6H2,1H3;6-8,12H,5,9-10H2,1-4H3;4-8H,2-3H2,1H3;2-5,7,10H,6H2,1H3;4H,2-3,6H2,1H3,(H,7,8)(H,9,10)/b16-10-;;;;. The van der Waals surface area contributed by atoms with Gasteiger partial charge < -0.3 is 44.3 Å². The summed E-state index contributed by atoms with van der Waals surface area (Å²) in [5.74, 6) is -2.43. The minimum Gasteiger partial charge on any atom is -0.489 e. The van der Waals surface area contributed by atoms with Crippen LogP contribution in [0.1, 0.15) is 122 Å². The van der Waals surface area contributed by atoms with Crippen molar-refractivity contribution in [3.8, 4) is 5.75 Å². The fourth-order valence-electron chi connectivity index (χ4n) is 10.1. The third kappa shape index (κ3) is 21.7. The van der Waals surface area contributed by atoms with Crippen molar-refractivity contribution in [2.45, 2.75) is 126 Å². The maximum atomic E-state index is 12.8. The summed E-state index contributed by atoms with van der Waals surface area (Å²) in [7, 11) is -5.51. The molecule has 4 amide bonds. The Morgan fingerprint density at radius 3 is 2.14 bits per heavy atom. The number of esters is 1. The van der Waals surface area contributed by atoms with Gasteiger partial charge in [-0.2, -0.15) is 13.2 Å². The van der Waals surface area contributed by atoms with Crippen LogP contribution in [-0.2, 0) is 65.2 Å². The fraction of sp³-hybridized carbons (Fsp3) is 0.415. The number of nitrogens with two attached hydrogens (primary N) is 1. The number of benzene rings is 4. The van der Waals surface area contributed by atoms with Crippen LogP contribution in [0.5, 0.6) is 5.75 Å². The summed E-state index contributed by atoms with van der Waals surface area (Å²) in [5, 5.41) is 12.0. The van der Waals surface area contributed by atoms with E-state index in [4.69, 9.17) is 92.5 Å². The highest BCUT2D eigenvalue weighted by Crippen LogP contribution is 2.43. The lowest BCUT2D eigenvalue weighted by molar-refractivity contribution is -0.139. The van der Waals surface area contributed by atoms with E-state index >= 15 is 0 Å². The second-order valence-electron chi connectivity index (χ2n) is 22.5. The summed E-state index contributed by atoms with van der Waals surface area (Å²) >= 11 is 29.1. The van der Waals surface area contributed by atoms with Crippen molar-refractivity contribution >= 4 is 140 Å². The average Bonchev–Trinajstić information content (AvgIpc) is 1.56. The Balaban J connectivity index is 0.000000223. The van der Waals surface area contributed by atoms with E-state index in [1.165, 1.54) is 23.8 Å². The summed E-state index contributed by atoms with van der Waals surface area (Å²) in [6, 6.07) is 19.1. The van der Waals surface area contributed by atoms with E-state index < -0.39 is 62.4 Å². The van der Waals surface area contributed by atoms with E-state index in [0.29, 0.717) is 77.1 Å². The first-order valence-electron chi connectivity index (χ1n) is 29.9. The van der Waals surface area contributed by atoms with Gasteiger partial charge in [-0.1, -0.05) is 88.8 Å². The summed E-state index contributed by atoms with van der Waals surface area (Å²) in [5.41, 5.74) is 9.70. The summed E-state index contributed by atoms with van der Waals surface area (Å²) in [6.07, 6.45) is 4.18. The Labute approximate surface area is 579 Å². The van der Waals surface area contributed by atoms with Crippen LogP contribution in [-0.4, -0.2) is 140 Å². The highest BCUT2D eigenvalue weighted by Gasteiger charge is 2.41. The number of nitrogens with zero attached hydrogens (tertiary/aromatic N) is 4. The number of ketones is 1. The number of aromatic nitrogens is 1. The third-order valence-corrected chi connectivity index (χ3v) is 18.4. The molecule has 4 unspecified atom stereocenters. The molecule has 1 fully saturated rings. The van der Waals surface area contributed by atoms with E-state index in [0.717, 1.165) is 66.9 Å². The number of rotatable bonds is 19. The third-order valence-electron chi connectivity index (χ3n) is 14.9. The van der Waals surface area contributed by atoms with Gasteiger partial charge in [0.25, 0.3) is 17.7 Å². The van der Waals surface area contributed by atoms with Crippen LogP contribution in [0, 0.1) is 6.92 Å². The number of alkyl halides is 6. The number of ether oxygens (including phenoxy) is 3. The molecule has 2 aliphatic heterocycles. The van der Waals surface area contributed by atoms with Gasteiger partial charge in [0.15, 0.2) is 33.6 Å². The SMILES string of the molecule is CC1COc2ccccc2N1C(=O)C(Cl)Cl.CCOC(=O)/C(Cl)=C/c1cc(N2C(=O)C3=C(CCCC3)C2=O)ccc1Cl.CCc1cccc(C)c1N(C(=O)CCl)C(C)COC.CP(=O)(O)CCC(N)C(=O)O.CS(=O)(=O)c1cc(C(F)(F)F)ccc1C(=O)c1cnoc1C1CC1. The molecule has 0 bridgehead atoms. The zero-order chi connectivity index (χ0) is 71.7. The van der Waals surface area contributed by atoms with Gasteiger partial charge >= 0.3 is 18.1 Å². The van der Waals surface area contributed by atoms with Gasteiger partial charge in [-0.05, 0) is 150 Å². The van der Waals surface area contributed by atoms with Gasteiger partial charge in [0.05, 0.1) is 64.6 Å². The fourth-order valence-corrected chi connectivity index (χ4v) is 12.5. The van der Waals surface area contributed by atoms with Crippen LogP contribution in [0.4, 0.5) is 30.2 Å². The molecule has 0 saturated heterocycles. The maximum absolute atomic E-state index is 12.8. The number of halogens is 8. The van der Waals surface area contributed by atoms with Gasteiger partial charge in [0.2, 0.25) is 5.91 Å². The predicted molar refractivity (Wildman–Crippen MR) is 362 cm³/mol.